The zero-order valence-corrected chi connectivity index (χ0v) is 32.8. The van der Waals surface area contributed by atoms with Crippen molar-refractivity contribution in [3.63, 3.8) is 0 Å². The lowest BCUT2D eigenvalue weighted by Gasteiger charge is -2.24. The van der Waals surface area contributed by atoms with E-state index in [2.05, 4.69) is 150 Å². The highest BCUT2D eigenvalue weighted by Crippen LogP contribution is 2.40. The SMILES string of the molecule is Cc1ccnc(-c2ccc(C(C)(C)C)c(Oc3ccc4c(c3)B(c3ncccn3)c3cc(Oc5cc(-c6cc(C)ccn6)ccc5C(C)(C)C)ccc3-4)c2)c1. The fraction of sp³-hybridized carbons (Fsp3) is 0.208. The molecule has 3 aromatic heterocycles. The number of hydrogen-bond donors (Lipinski definition) is 0. The van der Waals surface area contributed by atoms with Crippen molar-refractivity contribution in [3.8, 4) is 56.6 Å². The summed E-state index contributed by atoms with van der Waals surface area (Å²) in [6, 6.07) is 35.7. The van der Waals surface area contributed by atoms with Gasteiger partial charge in [0.1, 0.15) is 23.0 Å². The predicted octanol–water partition coefficient (Wildman–Crippen LogP) is 9.89. The van der Waals surface area contributed by atoms with Crippen molar-refractivity contribution in [1.82, 2.24) is 19.9 Å². The number of hydrogen-bond acceptors (Lipinski definition) is 6. The van der Waals surface area contributed by atoms with Crippen LogP contribution < -0.4 is 26.1 Å². The van der Waals surface area contributed by atoms with Gasteiger partial charge in [-0.1, -0.05) is 88.9 Å². The third-order valence-electron chi connectivity index (χ3n) is 10.3. The maximum Gasteiger partial charge on any atom is 0.291 e. The van der Waals surface area contributed by atoms with Gasteiger partial charge in [0, 0.05) is 47.0 Å². The van der Waals surface area contributed by atoms with Gasteiger partial charge in [-0.15, -0.1) is 0 Å². The summed E-state index contributed by atoms with van der Waals surface area (Å²) in [5.74, 6) is 3.12. The molecule has 0 atom stereocenters. The highest BCUT2D eigenvalue weighted by Gasteiger charge is 2.37. The Morgan fingerprint density at radius 2 is 0.927 bits per heavy atom. The van der Waals surface area contributed by atoms with Crippen LogP contribution in [0, 0.1) is 13.8 Å². The minimum Gasteiger partial charge on any atom is -0.457 e. The molecule has 55 heavy (non-hydrogen) atoms. The monoisotopic (exact) mass is 720 g/mol. The van der Waals surface area contributed by atoms with Gasteiger partial charge in [-0.3, -0.25) is 19.9 Å². The fourth-order valence-electron chi connectivity index (χ4n) is 7.50. The number of ether oxygens (including phenoxy) is 2. The van der Waals surface area contributed by atoms with Gasteiger partial charge in [0.15, 0.2) is 0 Å². The Balaban J connectivity index is 1.19. The number of pyridine rings is 2. The second-order valence-corrected chi connectivity index (χ2v) is 16.6. The summed E-state index contributed by atoms with van der Waals surface area (Å²) in [5.41, 5.74) is 13.3. The van der Waals surface area contributed by atoms with E-state index in [1.807, 2.05) is 43.0 Å². The summed E-state index contributed by atoms with van der Waals surface area (Å²) in [6.07, 6.45) is 7.32. The van der Waals surface area contributed by atoms with Crippen LogP contribution in [0.25, 0.3) is 33.6 Å². The van der Waals surface area contributed by atoms with Crippen molar-refractivity contribution < 1.29 is 9.47 Å². The van der Waals surface area contributed by atoms with E-state index in [0.29, 0.717) is 0 Å². The molecule has 0 saturated carbocycles. The lowest BCUT2D eigenvalue weighted by atomic mass is 9.42. The number of benzene rings is 4. The molecule has 0 bridgehead atoms. The van der Waals surface area contributed by atoms with Crippen LogP contribution in [-0.2, 0) is 10.8 Å². The molecule has 4 heterocycles. The van der Waals surface area contributed by atoms with Crippen LogP contribution in [0.2, 0.25) is 0 Å². The molecule has 0 fully saturated rings. The molecular formula is C48H45BN4O2. The molecule has 0 radical (unpaired) electrons. The Morgan fingerprint density at radius 3 is 1.35 bits per heavy atom. The van der Waals surface area contributed by atoms with Crippen molar-refractivity contribution in [3.05, 3.63) is 150 Å². The van der Waals surface area contributed by atoms with Gasteiger partial charge in [0.2, 0.25) is 0 Å². The van der Waals surface area contributed by atoms with E-state index in [4.69, 9.17) is 19.4 Å². The molecule has 272 valence electrons. The third-order valence-corrected chi connectivity index (χ3v) is 10.3. The first-order valence-corrected chi connectivity index (χ1v) is 18.9. The minimum absolute atomic E-state index is 0.138. The lowest BCUT2D eigenvalue weighted by molar-refractivity contribution is 0.455. The van der Waals surface area contributed by atoms with Crippen molar-refractivity contribution >= 4 is 23.4 Å². The molecule has 1 aliphatic rings. The van der Waals surface area contributed by atoms with Gasteiger partial charge in [-0.05, 0) is 114 Å². The Labute approximate surface area is 324 Å². The molecule has 7 heteroatoms. The van der Waals surface area contributed by atoms with Crippen LogP contribution in [0.5, 0.6) is 23.0 Å². The summed E-state index contributed by atoms with van der Waals surface area (Å²) in [7, 11) is 0. The summed E-state index contributed by atoms with van der Waals surface area (Å²) in [5, 5.41) is 0. The highest BCUT2D eigenvalue weighted by molar-refractivity contribution is 6.98. The first-order chi connectivity index (χ1) is 26.3. The predicted molar refractivity (Wildman–Crippen MR) is 225 cm³/mol. The Bertz CT molecular complexity index is 2400. The first kappa shape index (κ1) is 35.9. The van der Waals surface area contributed by atoms with Crippen LogP contribution in [0.1, 0.15) is 63.8 Å². The van der Waals surface area contributed by atoms with E-state index in [1.165, 1.54) is 0 Å². The molecule has 0 aliphatic carbocycles. The third kappa shape index (κ3) is 7.27. The second-order valence-electron chi connectivity index (χ2n) is 16.6. The van der Waals surface area contributed by atoms with Crippen LogP contribution in [0.4, 0.5) is 0 Å². The summed E-state index contributed by atoms with van der Waals surface area (Å²) < 4.78 is 13.7. The molecular weight excluding hydrogens is 675 g/mol. The molecule has 6 nitrogen and oxygen atoms in total. The van der Waals surface area contributed by atoms with E-state index in [1.54, 1.807) is 0 Å². The van der Waals surface area contributed by atoms with Crippen molar-refractivity contribution in [2.24, 2.45) is 0 Å². The van der Waals surface area contributed by atoms with Crippen LogP contribution >= 0.6 is 0 Å². The van der Waals surface area contributed by atoms with Crippen LogP contribution in [0.15, 0.2) is 128 Å². The average Bonchev–Trinajstić information content (AvgIpc) is 3.47. The Kier molecular flexibility index (Phi) is 9.12. The topological polar surface area (TPSA) is 70.0 Å². The standard InChI is InChI=1S/C48H45BN4O2/c1-30-18-22-50-42(24-30)32-10-16-38(47(3,4)5)44(26-32)54-34-12-14-36-37-15-13-35(29-41(37)49(40(36)28-34)46-52-20-9-21-53-46)55-45-27-33(11-17-39(45)48(6,7)8)43-25-31(2)19-23-51-43/h9-29H,1-8H3. The second kappa shape index (κ2) is 14.0. The maximum absolute atomic E-state index is 6.84. The summed E-state index contributed by atoms with van der Waals surface area (Å²) in [4.78, 5) is 18.9. The quantitative estimate of drug-likeness (QED) is 0.153. The average molecular weight is 721 g/mol. The number of aromatic nitrogens is 4. The van der Waals surface area contributed by atoms with E-state index < -0.39 is 0 Å². The van der Waals surface area contributed by atoms with Gasteiger partial charge in [-0.2, -0.15) is 0 Å². The number of fused-ring (bicyclic) bond motifs is 3. The zero-order chi connectivity index (χ0) is 38.5. The molecule has 7 aromatic rings. The summed E-state index contributed by atoms with van der Waals surface area (Å²) >= 11 is 0. The van der Waals surface area contributed by atoms with Crippen molar-refractivity contribution in [1.29, 1.82) is 0 Å². The van der Waals surface area contributed by atoms with E-state index >= 15 is 0 Å². The van der Waals surface area contributed by atoms with Crippen molar-refractivity contribution in [2.75, 3.05) is 0 Å². The number of aryl methyl sites for hydroxylation is 2. The van der Waals surface area contributed by atoms with Gasteiger partial charge in [-0.25, -0.2) is 0 Å². The summed E-state index contributed by atoms with van der Waals surface area (Å²) in [6.45, 7) is 17.2. The molecule has 4 aromatic carbocycles. The van der Waals surface area contributed by atoms with Crippen LogP contribution in [0.3, 0.4) is 0 Å². The molecule has 0 saturated heterocycles. The molecule has 0 N–H and O–H groups in total. The largest absolute Gasteiger partial charge is 0.457 e. The van der Waals surface area contributed by atoms with E-state index in [-0.39, 0.29) is 17.5 Å². The van der Waals surface area contributed by atoms with E-state index in [9.17, 15) is 0 Å². The van der Waals surface area contributed by atoms with Gasteiger partial charge >= 0.3 is 0 Å². The Hall–Kier alpha value is -6.08. The molecule has 0 spiro atoms. The fourth-order valence-corrected chi connectivity index (χ4v) is 7.50. The smallest absolute Gasteiger partial charge is 0.291 e. The normalized spacial score (nSPS) is 12.3. The lowest BCUT2D eigenvalue weighted by Crippen LogP contribution is -2.51. The van der Waals surface area contributed by atoms with Gasteiger partial charge in [0.25, 0.3) is 6.71 Å². The molecule has 1 aliphatic heterocycles. The zero-order valence-electron chi connectivity index (χ0n) is 32.8. The minimum atomic E-state index is -0.215. The number of nitrogens with zero attached hydrogens (tertiary/aromatic N) is 4. The Morgan fingerprint density at radius 1 is 0.473 bits per heavy atom. The maximum atomic E-state index is 6.84. The number of rotatable bonds is 7. The molecule has 8 rings (SSSR count). The molecule has 0 unspecified atom stereocenters. The first-order valence-electron chi connectivity index (χ1n) is 18.9. The van der Waals surface area contributed by atoms with Crippen molar-refractivity contribution in [2.45, 2.75) is 66.2 Å². The molecule has 0 amide bonds. The van der Waals surface area contributed by atoms with E-state index in [0.717, 1.165) is 95.5 Å². The van der Waals surface area contributed by atoms with Crippen LogP contribution in [-0.4, -0.2) is 26.6 Å². The van der Waals surface area contributed by atoms with Gasteiger partial charge in [0.05, 0.1) is 17.1 Å². The van der Waals surface area contributed by atoms with Gasteiger partial charge < -0.3 is 9.47 Å². The highest BCUT2D eigenvalue weighted by atomic mass is 16.5.